The van der Waals surface area contributed by atoms with E-state index in [1.54, 1.807) is 0 Å². The van der Waals surface area contributed by atoms with Crippen LogP contribution in [-0.2, 0) is 10.2 Å². The van der Waals surface area contributed by atoms with Crippen LogP contribution in [0.1, 0.15) is 11.4 Å². The summed E-state index contributed by atoms with van der Waals surface area (Å²) in [5, 5.41) is 0.280. The maximum absolute atomic E-state index is 4.72. The largest absolute Gasteiger partial charge is 0.261 e. The van der Waals surface area contributed by atoms with E-state index in [4.69, 9.17) is 4.98 Å². The third-order valence-corrected chi connectivity index (χ3v) is 2.29. The van der Waals surface area contributed by atoms with Gasteiger partial charge in [-0.25, -0.2) is 0 Å². The normalized spacial score (nSPS) is 12.6. The van der Waals surface area contributed by atoms with E-state index in [-0.39, 0.29) is 10.2 Å². The van der Waals surface area contributed by atoms with Crippen molar-refractivity contribution in [3.8, 4) is 0 Å². The minimum Gasteiger partial charge on any atom is -0.261 e. The fraction of sp³-hybridized carbons (Fsp3) is 0.286. The van der Waals surface area contributed by atoms with Crippen LogP contribution >= 0.6 is 0 Å². The second-order valence-electron chi connectivity index (χ2n) is 5.91. The van der Waals surface area contributed by atoms with E-state index in [0.717, 1.165) is 0 Å². The molecule has 0 bridgehead atoms. The first-order valence-electron chi connectivity index (χ1n) is 5.19. The smallest absolute Gasteiger partial charge is 0.0974 e. The van der Waals surface area contributed by atoms with E-state index < -0.39 is 0 Å². The van der Waals surface area contributed by atoms with Crippen LogP contribution in [-0.4, -0.2) is 52.1 Å². The Labute approximate surface area is 92.3 Å². The molecule has 0 aromatic carbocycles. The van der Waals surface area contributed by atoms with Crippen LogP contribution in [0.15, 0.2) is 18.2 Å². The van der Waals surface area contributed by atoms with Crippen LogP contribution in [0.4, 0.5) is 0 Å². The predicted molar refractivity (Wildman–Crippen MR) is 78.9 cm³/mol. The number of aromatic nitrogens is 1. The lowest BCUT2D eigenvalue weighted by Gasteiger charge is -2.23. The van der Waals surface area contributed by atoms with Crippen LogP contribution in [0, 0.1) is 0 Å². The molecule has 0 atom stereocenters. The van der Waals surface area contributed by atoms with Crippen molar-refractivity contribution in [3.63, 3.8) is 0 Å². The quantitative estimate of drug-likeness (QED) is 0.414. The molecule has 0 aliphatic heterocycles. The van der Waals surface area contributed by atoms with Gasteiger partial charge in [-0.1, -0.05) is 16.3 Å². The van der Waals surface area contributed by atoms with Gasteiger partial charge in [-0.05, 0) is 12.1 Å². The minimum absolute atomic E-state index is 0.140. The molecule has 1 aromatic rings. The molecule has 0 saturated carbocycles. The van der Waals surface area contributed by atoms with Gasteiger partial charge in [-0.15, -0.1) is 0 Å². The summed E-state index contributed by atoms with van der Waals surface area (Å²) in [5.41, 5.74) is 2.34. The molecule has 0 unspecified atom stereocenters. The standard InChI is InChI=1S/C7H15B6N/c8-6(9,10)4-2-1-3-5(14-4)7(11,12)13/h1-3H,8-13H2. The fourth-order valence-electron chi connectivity index (χ4n) is 1.27. The summed E-state index contributed by atoms with van der Waals surface area (Å²) in [6.45, 7) is 0. The molecular weight excluding hydrogens is 163 g/mol. The van der Waals surface area contributed by atoms with Gasteiger partial charge in [0.25, 0.3) is 0 Å². The van der Waals surface area contributed by atoms with Crippen molar-refractivity contribution in [2.24, 2.45) is 0 Å². The Morgan fingerprint density at radius 3 is 1.43 bits per heavy atom. The second-order valence-corrected chi connectivity index (χ2v) is 5.91. The van der Waals surface area contributed by atoms with Crippen molar-refractivity contribution in [2.75, 3.05) is 0 Å². The third-order valence-electron chi connectivity index (χ3n) is 2.29. The summed E-state index contributed by atoms with van der Waals surface area (Å²) in [6.07, 6.45) is 0. The van der Waals surface area contributed by atoms with Gasteiger partial charge in [0.1, 0.15) is 0 Å². The number of hydrogen-bond donors (Lipinski definition) is 0. The molecule has 0 radical (unpaired) electrons. The molecule has 1 aromatic heterocycles. The van der Waals surface area contributed by atoms with Crippen molar-refractivity contribution < 1.29 is 0 Å². The zero-order chi connectivity index (χ0) is 11.0. The molecule has 14 heavy (non-hydrogen) atoms. The van der Waals surface area contributed by atoms with Crippen molar-refractivity contribution in [1.82, 2.24) is 4.98 Å². The highest BCUT2D eigenvalue weighted by atomic mass is 14.7. The van der Waals surface area contributed by atoms with E-state index in [0.29, 0.717) is 0 Å². The van der Waals surface area contributed by atoms with E-state index >= 15 is 0 Å². The number of hydrogen-bond acceptors (Lipinski definition) is 1. The monoisotopic (exact) mass is 179 g/mol. The highest BCUT2D eigenvalue weighted by Gasteiger charge is 2.20. The van der Waals surface area contributed by atoms with E-state index in [1.165, 1.54) is 11.4 Å². The van der Waals surface area contributed by atoms with Gasteiger partial charge >= 0.3 is 0 Å². The maximum atomic E-state index is 4.72. The average Bonchev–Trinajstić information content (AvgIpc) is 2.01. The third kappa shape index (κ3) is 2.76. The predicted octanol–water partition coefficient (Wildman–Crippen LogP) is -4.90. The summed E-state index contributed by atoms with van der Waals surface area (Å²) >= 11 is 0. The highest BCUT2D eigenvalue weighted by molar-refractivity contribution is 6.59. The van der Waals surface area contributed by atoms with Gasteiger partial charge in [0, 0.05) is 11.4 Å². The van der Waals surface area contributed by atoms with Crippen molar-refractivity contribution in [2.45, 2.75) is 10.2 Å². The maximum Gasteiger partial charge on any atom is 0.0974 e. The average molecular weight is 178 g/mol. The Kier molecular flexibility index (Phi) is 2.99. The summed E-state index contributed by atoms with van der Waals surface area (Å²) in [4.78, 5) is 4.72. The number of rotatable bonds is 2. The molecule has 1 nitrogen and oxygen atoms in total. The van der Waals surface area contributed by atoms with Crippen molar-refractivity contribution in [3.05, 3.63) is 29.6 Å². The molecule has 7 heteroatoms. The summed E-state index contributed by atoms with van der Waals surface area (Å²) in [7, 11) is 13.2. The van der Waals surface area contributed by atoms with Crippen molar-refractivity contribution >= 4 is 47.1 Å². The first-order valence-corrected chi connectivity index (χ1v) is 5.19. The molecule has 0 N–H and O–H groups in total. The molecule has 0 spiro atoms. The number of pyridine rings is 1. The summed E-state index contributed by atoms with van der Waals surface area (Å²) in [6, 6.07) is 6.32. The molecule has 1 heterocycles. The van der Waals surface area contributed by atoms with E-state index in [9.17, 15) is 0 Å². The molecule has 0 fully saturated rings. The van der Waals surface area contributed by atoms with Crippen LogP contribution in [0.3, 0.4) is 0 Å². The Morgan fingerprint density at radius 2 is 1.14 bits per heavy atom. The van der Waals surface area contributed by atoms with E-state index in [2.05, 4.69) is 65.3 Å². The highest BCUT2D eigenvalue weighted by Crippen LogP contribution is 2.15. The Morgan fingerprint density at radius 1 is 0.786 bits per heavy atom. The first kappa shape index (κ1) is 11.6. The summed E-state index contributed by atoms with van der Waals surface area (Å²) in [5.74, 6) is 0. The van der Waals surface area contributed by atoms with Crippen LogP contribution in [0.25, 0.3) is 0 Å². The lowest BCUT2D eigenvalue weighted by Crippen LogP contribution is -2.32. The van der Waals surface area contributed by atoms with Crippen LogP contribution < -0.4 is 0 Å². The Bertz CT molecular complexity index is 296. The van der Waals surface area contributed by atoms with Gasteiger partial charge in [0.05, 0.1) is 47.1 Å². The second kappa shape index (κ2) is 3.60. The van der Waals surface area contributed by atoms with Gasteiger partial charge in [0.15, 0.2) is 0 Å². The van der Waals surface area contributed by atoms with Gasteiger partial charge in [-0.2, -0.15) is 0 Å². The summed E-state index contributed by atoms with van der Waals surface area (Å²) < 4.78 is 0. The zero-order valence-electron chi connectivity index (χ0n) is 10.2. The van der Waals surface area contributed by atoms with Gasteiger partial charge in [-0.3, -0.25) is 4.98 Å². The fourth-order valence-corrected chi connectivity index (χ4v) is 1.27. The number of nitrogens with zero attached hydrogens (tertiary/aromatic N) is 1. The van der Waals surface area contributed by atoms with Crippen molar-refractivity contribution in [1.29, 1.82) is 0 Å². The first-order chi connectivity index (χ1) is 6.21. The Hall–Kier alpha value is -0.460. The van der Waals surface area contributed by atoms with Gasteiger partial charge < -0.3 is 0 Å². The molecule has 66 valence electrons. The molecular formula is C7H15B6N. The molecule has 1 rings (SSSR count). The van der Waals surface area contributed by atoms with Gasteiger partial charge in [0.2, 0.25) is 0 Å². The van der Waals surface area contributed by atoms with Crippen LogP contribution in [0.5, 0.6) is 0 Å². The lowest BCUT2D eigenvalue weighted by molar-refractivity contribution is 0.992. The zero-order valence-corrected chi connectivity index (χ0v) is 10.2. The SMILES string of the molecule is BC(B)(B)c1cccc(C(B)(B)B)n1. The molecule has 0 saturated heterocycles. The molecule has 0 aliphatic carbocycles. The Balaban J connectivity index is 3.15. The van der Waals surface area contributed by atoms with E-state index in [1.807, 2.05) is 0 Å². The molecule has 0 amide bonds. The molecule has 0 aliphatic rings. The topological polar surface area (TPSA) is 12.9 Å². The minimum atomic E-state index is 0.140. The lowest BCUT2D eigenvalue weighted by atomic mass is 9.40. The van der Waals surface area contributed by atoms with Crippen LogP contribution in [0.2, 0.25) is 0 Å².